The molecule has 0 aliphatic carbocycles. The molecule has 2 heterocycles. The predicted molar refractivity (Wildman–Crippen MR) is 124 cm³/mol. The van der Waals surface area contributed by atoms with E-state index in [1.54, 1.807) is 0 Å². The minimum absolute atomic E-state index is 0.106. The lowest BCUT2D eigenvalue weighted by molar-refractivity contribution is -0.179. The number of imide groups is 1. The third-order valence-corrected chi connectivity index (χ3v) is 6.16. The average Bonchev–Trinajstić information content (AvgIpc) is 2.83. The van der Waals surface area contributed by atoms with Crippen molar-refractivity contribution in [1.29, 1.82) is 0 Å². The van der Waals surface area contributed by atoms with E-state index in [1.165, 1.54) is 0 Å². The third kappa shape index (κ3) is 6.43. The monoisotopic (exact) mass is 489 g/mol. The molecule has 0 unspecified atom stereocenters. The van der Waals surface area contributed by atoms with E-state index in [2.05, 4.69) is 21.3 Å². The van der Waals surface area contributed by atoms with E-state index in [9.17, 15) is 27.6 Å². The Kier molecular flexibility index (Phi) is 7.13. The zero-order valence-electron chi connectivity index (χ0n) is 18.8. The van der Waals surface area contributed by atoms with Crippen molar-refractivity contribution >= 4 is 34.9 Å². The normalized spacial score (nSPS) is 19.1. The topological polar surface area (TPSA) is 103 Å². The molecular formula is C24H26F3N5O3. The molecular weight excluding hydrogens is 463 g/mol. The largest absolute Gasteiger partial charge is 0.391 e. The Labute approximate surface area is 200 Å². The Bertz CT molecular complexity index is 1050. The minimum atomic E-state index is -4.12. The summed E-state index contributed by atoms with van der Waals surface area (Å²) in [5.74, 6) is -2.15. The summed E-state index contributed by atoms with van der Waals surface area (Å²) < 4.78 is 38.6. The molecule has 2 aromatic carbocycles. The number of nitrogens with zero attached hydrogens (tertiary/aromatic N) is 1. The van der Waals surface area contributed by atoms with Gasteiger partial charge in [0.05, 0.1) is 12.3 Å². The Balaban J connectivity index is 1.25. The molecule has 0 saturated carbocycles. The molecule has 8 nitrogen and oxygen atoms in total. The van der Waals surface area contributed by atoms with Gasteiger partial charge in [0.25, 0.3) is 0 Å². The van der Waals surface area contributed by atoms with Crippen molar-refractivity contribution in [3.63, 3.8) is 0 Å². The highest BCUT2D eigenvalue weighted by Gasteiger charge is 2.41. The predicted octanol–water partition coefficient (Wildman–Crippen LogP) is 3.42. The van der Waals surface area contributed by atoms with Gasteiger partial charge in [0, 0.05) is 36.7 Å². The van der Waals surface area contributed by atoms with Crippen molar-refractivity contribution in [1.82, 2.24) is 16.0 Å². The van der Waals surface area contributed by atoms with Gasteiger partial charge in [-0.05, 0) is 54.8 Å². The summed E-state index contributed by atoms with van der Waals surface area (Å²) >= 11 is 0. The molecule has 186 valence electrons. The first-order valence-electron chi connectivity index (χ1n) is 11.3. The van der Waals surface area contributed by atoms with Gasteiger partial charge in [0.1, 0.15) is 6.04 Å². The quantitative estimate of drug-likeness (QED) is 0.498. The molecule has 4 N–H and O–H groups in total. The maximum Gasteiger partial charge on any atom is 0.391 e. The highest BCUT2D eigenvalue weighted by molar-refractivity contribution is 6.02. The van der Waals surface area contributed by atoms with E-state index in [-0.39, 0.29) is 25.8 Å². The molecule has 0 bridgehead atoms. The minimum Gasteiger partial charge on any atom is -0.372 e. The standard InChI is InChI=1S/C24H26F3N5O3/c25-24(26,27)16-9-11-32(12-10-16)19-7-5-18(6-8-19)29-17-3-1-15(2-4-17)14-28-22(34)20-13-21(33)31-23(35)30-20/h1-8,16,20,29H,9-14H2,(H,28,34)(H2,30,31,33,35)/t20-/m1/s1. The molecule has 0 aromatic heterocycles. The average molecular weight is 489 g/mol. The molecule has 11 heteroatoms. The maximum absolute atomic E-state index is 12.9. The van der Waals surface area contributed by atoms with E-state index in [4.69, 9.17) is 0 Å². The first-order valence-corrected chi connectivity index (χ1v) is 11.3. The Morgan fingerprint density at radius 3 is 2.14 bits per heavy atom. The fourth-order valence-corrected chi connectivity index (χ4v) is 4.17. The van der Waals surface area contributed by atoms with E-state index in [1.807, 2.05) is 53.4 Å². The molecule has 1 atom stereocenters. The van der Waals surface area contributed by atoms with Crippen LogP contribution in [0.1, 0.15) is 24.8 Å². The van der Waals surface area contributed by atoms with Gasteiger partial charge in [-0.1, -0.05) is 12.1 Å². The molecule has 2 aliphatic heterocycles. The Morgan fingerprint density at radius 1 is 0.971 bits per heavy atom. The second-order valence-electron chi connectivity index (χ2n) is 8.67. The molecule has 4 amide bonds. The van der Waals surface area contributed by atoms with Crippen LogP contribution in [0.5, 0.6) is 0 Å². The number of amides is 4. The second-order valence-corrected chi connectivity index (χ2v) is 8.67. The lowest BCUT2D eigenvalue weighted by Gasteiger charge is -2.34. The zero-order valence-corrected chi connectivity index (χ0v) is 18.8. The SMILES string of the molecule is O=C1C[C@H](C(=O)NCc2ccc(Nc3ccc(N4CCC(C(F)(F)F)CC4)cc3)cc2)NC(=O)N1. The number of hydrogen-bond donors (Lipinski definition) is 4. The van der Waals surface area contributed by atoms with E-state index in [0.29, 0.717) is 13.1 Å². The number of urea groups is 1. The van der Waals surface area contributed by atoms with Crippen molar-refractivity contribution in [3.8, 4) is 0 Å². The van der Waals surface area contributed by atoms with Crippen LogP contribution in [0.3, 0.4) is 0 Å². The van der Waals surface area contributed by atoms with Crippen molar-refractivity contribution in [2.24, 2.45) is 5.92 Å². The highest BCUT2D eigenvalue weighted by Crippen LogP contribution is 2.35. The van der Waals surface area contributed by atoms with Crippen molar-refractivity contribution in [2.45, 2.75) is 38.0 Å². The van der Waals surface area contributed by atoms with Crippen LogP contribution in [0.4, 0.5) is 35.0 Å². The fraction of sp³-hybridized carbons (Fsp3) is 0.375. The van der Waals surface area contributed by atoms with Gasteiger partial charge in [-0.3, -0.25) is 14.9 Å². The Morgan fingerprint density at radius 2 is 1.57 bits per heavy atom. The van der Waals surface area contributed by atoms with E-state index < -0.39 is 36.0 Å². The number of anilines is 3. The lowest BCUT2D eigenvalue weighted by atomic mass is 9.96. The van der Waals surface area contributed by atoms with Crippen LogP contribution in [-0.2, 0) is 16.1 Å². The fourth-order valence-electron chi connectivity index (χ4n) is 4.17. The van der Waals surface area contributed by atoms with Gasteiger partial charge in [-0.25, -0.2) is 4.79 Å². The van der Waals surface area contributed by atoms with Crippen LogP contribution < -0.4 is 26.2 Å². The van der Waals surface area contributed by atoms with Crippen molar-refractivity contribution in [2.75, 3.05) is 23.3 Å². The van der Waals surface area contributed by atoms with Gasteiger partial charge >= 0.3 is 12.2 Å². The second kappa shape index (κ2) is 10.2. The molecule has 4 rings (SSSR count). The zero-order chi connectivity index (χ0) is 25.0. The summed E-state index contributed by atoms with van der Waals surface area (Å²) in [7, 11) is 0. The maximum atomic E-state index is 12.9. The number of alkyl halides is 3. The number of carbonyl (C=O) groups is 3. The van der Waals surface area contributed by atoms with E-state index >= 15 is 0 Å². The highest BCUT2D eigenvalue weighted by atomic mass is 19.4. The van der Waals surface area contributed by atoms with Crippen molar-refractivity contribution in [3.05, 3.63) is 54.1 Å². The van der Waals surface area contributed by atoms with Gasteiger partial charge in [-0.2, -0.15) is 13.2 Å². The summed E-state index contributed by atoms with van der Waals surface area (Å²) in [4.78, 5) is 36.9. The van der Waals surface area contributed by atoms with Gasteiger partial charge < -0.3 is 20.9 Å². The number of hydrogen-bond acceptors (Lipinski definition) is 5. The Hall–Kier alpha value is -3.76. The summed E-state index contributed by atoms with van der Waals surface area (Å²) in [6, 6.07) is 13.4. The molecule has 2 aliphatic rings. The van der Waals surface area contributed by atoms with Crippen LogP contribution in [0.2, 0.25) is 0 Å². The summed E-state index contributed by atoms with van der Waals surface area (Å²) in [5, 5.41) is 10.5. The van der Waals surface area contributed by atoms with Gasteiger partial charge in [-0.15, -0.1) is 0 Å². The molecule has 35 heavy (non-hydrogen) atoms. The molecule has 0 radical (unpaired) electrons. The van der Waals surface area contributed by atoms with Gasteiger partial charge in [0.15, 0.2) is 0 Å². The smallest absolute Gasteiger partial charge is 0.372 e. The van der Waals surface area contributed by atoms with Crippen LogP contribution >= 0.6 is 0 Å². The van der Waals surface area contributed by atoms with Crippen LogP contribution in [0.15, 0.2) is 48.5 Å². The lowest BCUT2D eigenvalue weighted by Crippen LogP contribution is -2.57. The van der Waals surface area contributed by atoms with Crippen molar-refractivity contribution < 1.29 is 27.6 Å². The third-order valence-electron chi connectivity index (χ3n) is 6.16. The van der Waals surface area contributed by atoms with E-state index in [0.717, 1.165) is 22.6 Å². The number of carbonyl (C=O) groups excluding carboxylic acids is 3. The molecule has 0 spiro atoms. The first-order chi connectivity index (χ1) is 16.7. The number of rotatable bonds is 6. The number of nitrogens with one attached hydrogen (secondary N) is 4. The molecule has 2 aromatic rings. The molecule has 2 fully saturated rings. The van der Waals surface area contributed by atoms with Crippen LogP contribution in [0, 0.1) is 5.92 Å². The number of halogens is 3. The number of benzene rings is 2. The van der Waals surface area contributed by atoms with Gasteiger partial charge in [0.2, 0.25) is 11.8 Å². The summed E-state index contributed by atoms with van der Waals surface area (Å²) in [5.41, 5.74) is 3.41. The summed E-state index contributed by atoms with van der Waals surface area (Å²) in [6.45, 7) is 1.01. The summed E-state index contributed by atoms with van der Waals surface area (Å²) in [6.07, 6.45) is -4.00. The van der Waals surface area contributed by atoms with Crippen LogP contribution in [-0.4, -0.2) is 43.2 Å². The number of piperidine rings is 1. The van der Waals surface area contributed by atoms with Crippen LogP contribution in [0.25, 0.3) is 0 Å². The first kappa shape index (κ1) is 24.4. The molecule has 2 saturated heterocycles.